The summed E-state index contributed by atoms with van der Waals surface area (Å²) in [7, 11) is 0. The van der Waals surface area contributed by atoms with Crippen molar-refractivity contribution in [1.82, 2.24) is 5.32 Å². The van der Waals surface area contributed by atoms with Gasteiger partial charge in [-0.1, -0.05) is 276 Å². The summed E-state index contributed by atoms with van der Waals surface area (Å²) in [4.78, 5) is 24.6. The SMILES string of the molecule is CCCCCCCCC/C=C\CCCCCCCC(=O)OCCCCCCCCCCCC(=O)NC(CO)C(O)CCCCCCCCCCCCCCCCCCCCCCCCC. The fraction of sp³-hybridized carbons (Fsp3) is 0.932. The number of carbonyl (C=O) groups excluding carboxylic acids is 2. The summed E-state index contributed by atoms with van der Waals surface area (Å²) in [5, 5.41) is 23.3. The molecule has 0 aliphatic heterocycles. The molecule has 0 bridgehead atoms. The van der Waals surface area contributed by atoms with Gasteiger partial charge in [0.05, 0.1) is 25.4 Å². The van der Waals surface area contributed by atoms with Crippen LogP contribution in [0.3, 0.4) is 0 Å². The minimum atomic E-state index is -0.683. The number of unbranched alkanes of at least 4 members (excludes halogenated alkanes) is 42. The number of nitrogens with one attached hydrogen (secondary N) is 1. The van der Waals surface area contributed by atoms with Crippen molar-refractivity contribution in [2.45, 2.75) is 341 Å². The van der Waals surface area contributed by atoms with Gasteiger partial charge in [0.2, 0.25) is 5.91 Å². The molecular formula is C59H115NO5. The maximum absolute atomic E-state index is 12.5. The molecule has 2 unspecified atom stereocenters. The van der Waals surface area contributed by atoms with Crippen LogP contribution >= 0.6 is 0 Å². The number of amides is 1. The van der Waals surface area contributed by atoms with Crippen molar-refractivity contribution in [3.05, 3.63) is 12.2 Å². The molecule has 3 N–H and O–H groups in total. The molecule has 65 heavy (non-hydrogen) atoms. The fourth-order valence-electron chi connectivity index (χ4n) is 9.28. The first kappa shape index (κ1) is 63.6. The molecule has 0 aromatic rings. The summed E-state index contributed by atoms with van der Waals surface area (Å²) in [6.07, 6.45) is 64.9. The Hall–Kier alpha value is -1.40. The molecule has 0 rings (SSSR count). The third kappa shape index (κ3) is 51.8. The number of rotatable bonds is 55. The zero-order valence-corrected chi connectivity index (χ0v) is 44.0. The first-order valence-corrected chi connectivity index (χ1v) is 29.4. The lowest BCUT2D eigenvalue weighted by Gasteiger charge is -2.22. The lowest BCUT2D eigenvalue weighted by molar-refractivity contribution is -0.143. The van der Waals surface area contributed by atoms with Crippen LogP contribution in [0.25, 0.3) is 0 Å². The fourth-order valence-corrected chi connectivity index (χ4v) is 9.28. The smallest absolute Gasteiger partial charge is 0.305 e. The zero-order valence-electron chi connectivity index (χ0n) is 44.0. The Morgan fingerprint density at radius 1 is 0.415 bits per heavy atom. The molecule has 0 radical (unpaired) electrons. The van der Waals surface area contributed by atoms with Crippen LogP contribution in [-0.2, 0) is 14.3 Å². The second-order valence-electron chi connectivity index (χ2n) is 20.3. The number of ether oxygens (including phenoxy) is 1. The molecule has 2 atom stereocenters. The number of hydrogen-bond donors (Lipinski definition) is 3. The van der Waals surface area contributed by atoms with E-state index in [1.807, 2.05) is 0 Å². The van der Waals surface area contributed by atoms with Crippen LogP contribution in [0, 0.1) is 0 Å². The highest BCUT2D eigenvalue weighted by atomic mass is 16.5. The van der Waals surface area contributed by atoms with Crippen molar-refractivity contribution in [1.29, 1.82) is 0 Å². The monoisotopic (exact) mass is 918 g/mol. The number of carbonyl (C=O) groups is 2. The van der Waals surface area contributed by atoms with Crippen molar-refractivity contribution in [3.8, 4) is 0 Å². The third-order valence-corrected chi connectivity index (χ3v) is 13.8. The third-order valence-electron chi connectivity index (χ3n) is 13.8. The second-order valence-corrected chi connectivity index (χ2v) is 20.3. The molecule has 0 heterocycles. The van der Waals surface area contributed by atoms with Gasteiger partial charge in [-0.2, -0.15) is 0 Å². The van der Waals surface area contributed by atoms with Crippen molar-refractivity contribution >= 4 is 11.9 Å². The highest BCUT2D eigenvalue weighted by Gasteiger charge is 2.20. The zero-order chi connectivity index (χ0) is 47.2. The normalized spacial score (nSPS) is 12.6. The van der Waals surface area contributed by atoms with Crippen molar-refractivity contribution in [2.75, 3.05) is 13.2 Å². The predicted molar refractivity (Wildman–Crippen MR) is 283 cm³/mol. The van der Waals surface area contributed by atoms with Crippen molar-refractivity contribution in [3.63, 3.8) is 0 Å². The van der Waals surface area contributed by atoms with Crippen LogP contribution in [0.15, 0.2) is 12.2 Å². The average molecular weight is 919 g/mol. The number of allylic oxidation sites excluding steroid dienone is 2. The summed E-state index contributed by atoms with van der Waals surface area (Å²) in [5.41, 5.74) is 0. The van der Waals surface area contributed by atoms with Gasteiger partial charge >= 0.3 is 5.97 Å². The van der Waals surface area contributed by atoms with Gasteiger partial charge in [-0.25, -0.2) is 0 Å². The van der Waals surface area contributed by atoms with Gasteiger partial charge in [-0.3, -0.25) is 9.59 Å². The molecule has 0 aliphatic rings. The summed E-state index contributed by atoms with van der Waals surface area (Å²) in [6.45, 7) is 4.91. The maximum atomic E-state index is 12.5. The molecule has 0 aliphatic carbocycles. The molecule has 0 aromatic heterocycles. The Bertz CT molecular complexity index is 970. The van der Waals surface area contributed by atoms with E-state index in [1.54, 1.807) is 0 Å². The van der Waals surface area contributed by atoms with Crippen LogP contribution < -0.4 is 5.32 Å². The standard InChI is InChI=1S/C59H115NO5/c1-3-5-7-9-11-13-15-17-19-21-22-23-24-25-26-27-28-30-32-35-39-43-47-51-57(62)56(55-61)60-58(63)52-48-44-40-36-34-38-42-46-50-54-65-59(64)53-49-45-41-37-33-31-29-20-18-16-14-12-10-8-6-4-2/h20,29,56-57,61-62H,3-19,21-28,30-55H2,1-2H3,(H,60,63)/b29-20-. The van der Waals surface area contributed by atoms with Gasteiger partial charge < -0.3 is 20.3 Å². The van der Waals surface area contributed by atoms with E-state index in [-0.39, 0.29) is 18.5 Å². The van der Waals surface area contributed by atoms with Crippen molar-refractivity contribution in [2.24, 2.45) is 0 Å². The van der Waals surface area contributed by atoms with Gasteiger partial charge in [-0.15, -0.1) is 0 Å². The van der Waals surface area contributed by atoms with E-state index < -0.39 is 12.1 Å². The number of hydrogen-bond acceptors (Lipinski definition) is 5. The lowest BCUT2D eigenvalue weighted by atomic mass is 10.0. The van der Waals surface area contributed by atoms with Gasteiger partial charge in [0, 0.05) is 12.8 Å². The summed E-state index contributed by atoms with van der Waals surface area (Å²) in [6, 6.07) is -0.562. The molecule has 1 amide bonds. The first-order chi connectivity index (χ1) is 32.0. The summed E-state index contributed by atoms with van der Waals surface area (Å²) >= 11 is 0. The topological polar surface area (TPSA) is 95.9 Å². The van der Waals surface area contributed by atoms with E-state index >= 15 is 0 Å². The van der Waals surface area contributed by atoms with Gasteiger partial charge in [0.1, 0.15) is 0 Å². The number of aliphatic hydroxyl groups excluding tert-OH is 2. The van der Waals surface area contributed by atoms with E-state index in [1.165, 1.54) is 238 Å². The highest BCUT2D eigenvalue weighted by molar-refractivity contribution is 5.76. The molecule has 386 valence electrons. The van der Waals surface area contributed by atoms with Crippen LogP contribution in [0.5, 0.6) is 0 Å². The minimum absolute atomic E-state index is 0.0309. The van der Waals surface area contributed by atoms with E-state index in [4.69, 9.17) is 4.74 Å². The summed E-state index contributed by atoms with van der Waals surface area (Å²) < 4.78 is 5.46. The van der Waals surface area contributed by atoms with Gasteiger partial charge in [0.15, 0.2) is 0 Å². The molecule has 6 heteroatoms. The predicted octanol–water partition coefficient (Wildman–Crippen LogP) is 18.1. The minimum Gasteiger partial charge on any atom is -0.466 e. The quantitative estimate of drug-likeness (QED) is 0.0321. The maximum Gasteiger partial charge on any atom is 0.305 e. The van der Waals surface area contributed by atoms with E-state index in [0.29, 0.717) is 25.9 Å². The number of esters is 1. The van der Waals surface area contributed by atoms with E-state index in [9.17, 15) is 19.8 Å². The largest absolute Gasteiger partial charge is 0.466 e. The molecule has 0 saturated heterocycles. The van der Waals surface area contributed by atoms with E-state index in [2.05, 4.69) is 31.3 Å². The van der Waals surface area contributed by atoms with Crippen LogP contribution in [0.1, 0.15) is 328 Å². The van der Waals surface area contributed by atoms with Gasteiger partial charge in [-0.05, 0) is 51.4 Å². The Morgan fingerprint density at radius 3 is 1.09 bits per heavy atom. The molecule has 0 spiro atoms. The Balaban J connectivity index is 3.46. The molecule has 0 saturated carbocycles. The second kappa shape index (κ2) is 55.2. The highest BCUT2D eigenvalue weighted by Crippen LogP contribution is 2.18. The molecular weight excluding hydrogens is 803 g/mol. The molecule has 6 nitrogen and oxygen atoms in total. The van der Waals surface area contributed by atoms with Crippen LogP contribution in [0.2, 0.25) is 0 Å². The van der Waals surface area contributed by atoms with Crippen LogP contribution in [0.4, 0.5) is 0 Å². The Kier molecular flexibility index (Phi) is 54.0. The molecule has 0 fully saturated rings. The molecule has 0 aromatic carbocycles. The first-order valence-electron chi connectivity index (χ1n) is 29.4. The lowest BCUT2D eigenvalue weighted by Crippen LogP contribution is -2.45. The number of aliphatic hydroxyl groups is 2. The van der Waals surface area contributed by atoms with Crippen molar-refractivity contribution < 1.29 is 24.5 Å². The summed E-state index contributed by atoms with van der Waals surface area (Å²) in [5.74, 6) is -0.0902. The average Bonchev–Trinajstić information content (AvgIpc) is 3.31. The Morgan fingerprint density at radius 2 is 0.723 bits per heavy atom. The van der Waals surface area contributed by atoms with Crippen LogP contribution in [-0.4, -0.2) is 47.4 Å². The Labute approximate surface area is 406 Å². The van der Waals surface area contributed by atoms with E-state index in [0.717, 1.165) is 57.8 Å². The van der Waals surface area contributed by atoms with Gasteiger partial charge in [0.25, 0.3) is 0 Å².